The third-order valence-corrected chi connectivity index (χ3v) is 3.23. The Balaban J connectivity index is 2.56. The molecule has 1 atom stereocenters. The molecule has 0 spiro atoms. The normalized spacial score (nSPS) is 13.6. The van der Waals surface area contributed by atoms with Crippen molar-refractivity contribution in [1.29, 1.82) is 0 Å². The summed E-state index contributed by atoms with van der Waals surface area (Å²) in [5, 5.41) is 5.23. The average molecular weight is 245 g/mol. The maximum Gasteiger partial charge on any atom is 0.0521 e. The van der Waals surface area contributed by atoms with E-state index in [9.17, 15) is 0 Å². The summed E-state index contributed by atoms with van der Waals surface area (Å²) in [6.07, 6.45) is 5.17. The summed E-state index contributed by atoms with van der Waals surface area (Å²) in [5.41, 5.74) is 1.33. The highest BCUT2D eigenvalue weighted by Crippen LogP contribution is 2.18. The number of hydrogen-bond acceptors (Lipinski definition) is 1. The second kappa shape index (κ2) is 4.80. The van der Waals surface area contributed by atoms with Gasteiger partial charge in [0, 0.05) is 18.6 Å². The fourth-order valence-electron chi connectivity index (χ4n) is 1.35. The van der Waals surface area contributed by atoms with Crippen molar-refractivity contribution < 1.29 is 0 Å². The first kappa shape index (κ1) is 10.8. The Morgan fingerprint density at radius 2 is 2.23 bits per heavy atom. The molecule has 0 aliphatic heterocycles. The molecule has 13 heavy (non-hydrogen) atoms. The quantitative estimate of drug-likeness (QED) is 0.745. The van der Waals surface area contributed by atoms with E-state index in [2.05, 4.69) is 41.1 Å². The molecule has 74 valence electrons. The molecule has 1 heterocycles. The van der Waals surface area contributed by atoms with E-state index in [1.165, 1.54) is 5.56 Å². The monoisotopic (exact) mass is 244 g/mol. The molecule has 0 saturated heterocycles. The first-order chi connectivity index (χ1) is 6.13. The standard InChI is InChI=1S/C10H17BrN2/c1-8(2)10(5-11)4-9-6-12-13(3)7-9/h6-8,10H,4-5H2,1-3H3. The highest BCUT2D eigenvalue weighted by molar-refractivity contribution is 9.09. The number of nitrogens with zero attached hydrogens (tertiary/aromatic N) is 2. The summed E-state index contributed by atoms with van der Waals surface area (Å²) in [4.78, 5) is 0. The van der Waals surface area contributed by atoms with Crippen molar-refractivity contribution in [2.45, 2.75) is 20.3 Å². The van der Waals surface area contributed by atoms with Crippen molar-refractivity contribution in [3.05, 3.63) is 18.0 Å². The Morgan fingerprint density at radius 1 is 1.54 bits per heavy atom. The van der Waals surface area contributed by atoms with E-state index in [0.29, 0.717) is 5.92 Å². The second-order valence-corrected chi connectivity index (χ2v) is 4.53. The smallest absolute Gasteiger partial charge is 0.0521 e. The van der Waals surface area contributed by atoms with Crippen LogP contribution in [-0.4, -0.2) is 15.1 Å². The van der Waals surface area contributed by atoms with Crippen LogP contribution in [-0.2, 0) is 13.5 Å². The molecule has 1 rings (SSSR count). The van der Waals surface area contributed by atoms with E-state index in [4.69, 9.17) is 0 Å². The molecule has 0 amide bonds. The van der Waals surface area contributed by atoms with Crippen LogP contribution in [0.2, 0.25) is 0 Å². The fourth-order valence-corrected chi connectivity index (χ4v) is 2.33. The van der Waals surface area contributed by atoms with Crippen molar-refractivity contribution in [2.75, 3.05) is 5.33 Å². The lowest BCUT2D eigenvalue weighted by molar-refractivity contribution is 0.427. The van der Waals surface area contributed by atoms with Gasteiger partial charge in [0.1, 0.15) is 0 Å². The van der Waals surface area contributed by atoms with Gasteiger partial charge >= 0.3 is 0 Å². The van der Waals surface area contributed by atoms with E-state index < -0.39 is 0 Å². The summed E-state index contributed by atoms with van der Waals surface area (Å²) in [7, 11) is 1.96. The average Bonchev–Trinajstić information content (AvgIpc) is 2.46. The molecule has 0 aliphatic carbocycles. The van der Waals surface area contributed by atoms with Gasteiger partial charge in [0.2, 0.25) is 0 Å². The van der Waals surface area contributed by atoms with Crippen molar-refractivity contribution in [1.82, 2.24) is 9.78 Å². The van der Waals surface area contributed by atoms with Gasteiger partial charge in [-0.25, -0.2) is 0 Å². The zero-order valence-electron chi connectivity index (χ0n) is 8.50. The van der Waals surface area contributed by atoms with E-state index in [0.717, 1.165) is 17.7 Å². The van der Waals surface area contributed by atoms with E-state index in [1.807, 2.05) is 17.9 Å². The lowest BCUT2D eigenvalue weighted by Crippen LogP contribution is -2.12. The van der Waals surface area contributed by atoms with Crippen LogP contribution < -0.4 is 0 Å². The van der Waals surface area contributed by atoms with Crippen LogP contribution in [0.25, 0.3) is 0 Å². The highest BCUT2D eigenvalue weighted by Gasteiger charge is 2.13. The first-order valence-corrected chi connectivity index (χ1v) is 5.79. The van der Waals surface area contributed by atoms with Crippen LogP contribution >= 0.6 is 15.9 Å². The van der Waals surface area contributed by atoms with Crippen molar-refractivity contribution in [2.24, 2.45) is 18.9 Å². The van der Waals surface area contributed by atoms with Gasteiger partial charge in [0.05, 0.1) is 6.20 Å². The van der Waals surface area contributed by atoms with Crippen molar-refractivity contribution in [3.8, 4) is 0 Å². The lowest BCUT2D eigenvalue weighted by Gasteiger charge is -2.16. The Kier molecular flexibility index (Phi) is 3.97. The van der Waals surface area contributed by atoms with Gasteiger partial charge in [-0.05, 0) is 23.8 Å². The minimum atomic E-state index is 0.712. The second-order valence-electron chi connectivity index (χ2n) is 3.88. The molecule has 0 aromatic carbocycles. The highest BCUT2D eigenvalue weighted by atomic mass is 79.9. The van der Waals surface area contributed by atoms with Gasteiger partial charge in [-0.2, -0.15) is 5.10 Å². The Hall–Kier alpha value is -0.310. The molecule has 3 heteroatoms. The molecule has 2 nitrogen and oxygen atoms in total. The molecule has 0 N–H and O–H groups in total. The Morgan fingerprint density at radius 3 is 2.62 bits per heavy atom. The number of hydrogen-bond donors (Lipinski definition) is 0. The molecule has 0 bridgehead atoms. The molecular weight excluding hydrogens is 228 g/mol. The van der Waals surface area contributed by atoms with Gasteiger partial charge < -0.3 is 0 Å². The van der Waals surface area contributed by atoms with Gasteiger partial charge in [0.15, 0.2) is 0 Å². The summed E-state index contributed by atoms with van der Waals surface area (Å²) in [6, 6.07) is 0. The molecule has 1 aromatic rings. The minimum absolute atomic E-state index is 0.712. The molecule has 0 saturated carbocycles. The molecule has 0 fully saturated rings. The SMILES string of the molecule is CC(C)C(CBr)Cc1cnn(C)c1. The van der Waals surface area contributed by atoms with Crippen LogP contribution in [0, 0.1) is 11.8 Å². The van der Waals surface area contributed by atoms with Crippen molar-refractivity contribution >= 4 is 15.9 Å². The number of aromatic nitrogens is 2. The maximum absolute atomic E-state index is 4.16. The van der Waals surface area contributed by atoms with Gasteiger partial charge in [-0.1, -0.05) is 29.8 Å². The number of rotatable bonds is 4. The molecule has 1 aromatic heterocycles. The van der Waals surface area contributed by atoms with Crippen molar-refractivity contribution in [3.63, 3.8) is 0 Å². The minimum Gasteiger partial charge on any atom is -0.276 e. The van der Waals surface area contributed by atoms with Crippen LogP contribution in [0.15, 0.2) is 12.4 Å². The first-order valence-electron chi connectivity index (χ1n) is 4.67. The lowest BCUT2D eigenvalue weighted by atomic mass is 9.92. The van der Waals surface area contributed by atoms with Gasteiger partial charge in [-0.15, -0.1) is 0 Å². The largest absolute Gasteiger partial charge is 0.276 e. The zero-order chi connectivity index (χ0) is 9.84. The fraction of sp³-hybridized carbons (Fsp3) is 0.700. The Labute approximate surface area is 88.5 Å². The molecule has 1 unspecified atom stereocenters. The molecular formula is C10H17BrN2. The van der Waals surface area contributed by atoms with E-state index >= 15 is 0 Å². The topological polar surface area (TPSA) is 17.8 Å². The van der Waals surface area contributed by atoms with Crippen LogP contribution in [0.3, 0.4) is 0 Å². The summed E-state index contributed by atoms with van der Waals surface area (Å²) < 4.78 is 1.86. The zero-order valence-corrected chi connectivity index (χ0v) is 10.1. The predicted octanol–water partition coefficient (Wildman–Crippen LogP) is 2.63. The van der Waals surface area contributed by atoms with Crippen LogP contribution in [0.4, 0.5) is 0 Å². The Bertz CT molecular complexity index is 255. The van der Waals surface area contributed by atoms with Gasteiger partial charge in [-0.3, -0.25) is 4.68 Å². The number of alkyl halides is 1. The molecule has 0 aliphatic rings. The number of halogens is 1. The predicted molar refractivity (Wildman–Crippen MR) is 59.0 cm³/mol. The van der Waals surface area contributed by atoms with E-state index in [-0.39, 0.29) is 0 Å². The molecule has 0 radical (unpaired) electrons. The third-order valence-electron chi connectivity index (χ3n) is 2.40. The third kappa shape index (κ3) is 3.14. The number of aryl methyl sites for hydroxylation is 1. The summed E-state index contributed by atoms with van der Waals surface area (Å²) in [5.74, 6) is 1.43. The van der Waals surface area contributed by atoms with Crippen LogP contribution in [0.1, 0.15) is 19.4 Å². The maximum atomic E-state index is 4.16. The van der Waals surface area contributed by atoms with Crippen LogP contribution in [0.5, 0.6) is 0 Å². The summed E-state index contributed by atoms with van der Waals surface area (Å²) in [6.45, 7) is 4.53. The van der Waals surface area contributed by atoms with Gasteiger partial charge in [0.25, 0.3) is 0 Å². The van der Waals surface area contributed by atoms with E-state index in [1.54, 1.807) is 0 Å². The summed E-state index contributed by atoms with van der Waals surface area (Å²) >= 11 is 3.55.